The summed E-state index contributed by atoms with van der Waals surface area (Å²) in [5.41, 5.74) is 3.22. The van der Waals surface area contributed by atoms with E-state index in [9.17, 15) is 9.59 Å². The monoisotopic (exact) mass is 399 g/mol. The van der Waals surface area contributed by atoms with Crippen LogP contribution in [0.2, 0.25) is 5.02 Å². The second kappa shape index (κ2) is 8.48. The Labute approximate surface area is 169 Å². The molecule has 0 fully saturated rings. The first-order valence-electron chi connectivity index (χ1n) is 9.03. The molecule has 0 saturated heterocycles. The van der Waals surface area contributed by atoms with Crippen molar-refractivity contribution in [3.63, 3.8) is 0 Å². The maximum Gasteiger partial charge on any atom is 0.259 e. The third kappa shape index (κ3) is 4.20. The Morgan fingerprint density at radius 1 is 1.21 bits per heavy atom. The summed E-state index contributed by atoms with van der Waals surface area (Å²) in [6.07, 6.45) is 2.41. The molecule has 0 bridgehead atoms. The van der Waals surface area contributed by atoms with Crippen molar-refractivity contribution in [3.05, 3.63) is 63.7 Å². The number of hydrogen-bond acceptors (Lipinski definition) is 4. The molecule has 0 aromatic heterocycles. The molecule has 0 heterocycles. The summed E-state index contributed by atoms with van der Waals surface area (Å²) < 4.78 is 11.3. The quantitative estimate of drug-likeness (QED) is 0.688. The van der Waals surface area contributed by atoms with Gasteiger partial charge in [0.15, 0.2) is 23.9 Å². The number of hydrogen-bond donors (Lipinski definition) is 0. The lowest BCUT2D eigenvalue weighted by Gasteiger charge is -2.16. The molecule has 2 aromatic carbocycles. The van der Waals surface area contributed by atoms with Crippen molar-refractivity contribution in [2.45, 2.75) is 13.3 Å². The van der Waals surface area contributed by atoms with Gasteiger partial charge in [-0.25, -0.2) is 0 Å². The molecule has 3 rings (SSSR count). The van der Waals surface area contributed by atoms with Crippen LogP contribution in [0.5, 0.6) is 11.5 Å². The lowest BCUT2D eigenvalue weighted by Crippen LogP contribution is -2.27. The normalized spacial score (nSPS) is 14.1. The second-order valence-corrected chi connectivity index (χ2v) is 7.08. The van der Waals surface area contributed by atoms with Gasteiger partial charge >= 0.3 is 0 Å². The highest BCUT2D eigenvalue weighted by molar-refractivity contribution is 6.32. The zero-order valence-electron chi connectivity index (χ0n) is 16.1. The van der Waals surface area contributed by atoms with Gasteiger partial charge in [-0.3, -0.25) is 9.59 Å². The smallest absolute Gasteiger partial charge is 0.259 e. The molecule has 0 aliphatic heterocycles. The Balaban J connectivity index is 1.89. The number of Topliss-reactive ketones (excluding diaryl/α,β-unsaturated/α-hetero) is 1. The Morgan fingerprint density at radius 3 is 2.64 bits per heavy atom. The highest BCUT2D eigenvalue weighted by Crippen LogP contribution is 2.38. The van der Waals surface area contributed by atoms with E-state index in [1.54, 1.807) is 26.2 Å². The number of rotatable bonds is 6. The maximum absolute atomic E-state index is 12.6. The average Bonchev–Trinajstić information content (AvgIpc) is 2.97. The van der Waals surface area contributed by atoms with E-state index in [4.69, 9.17) is 21.1 Å². The van der Waals surface area contributed by atoms with Crippen LogP contribution in [-0.2, 0) is 11.2 Å². The maximum atomic E-state index is 12.6. The SMILES string of the molecule is CCOc1cc(/C=C2\Cc3ccccc3C2=O)cc(Cl)c1OCC(=O)N(C)C. The average molecular weight is 400 g/mol. The first kappa shape index (κ1) is 20.0. The van der Waals surface area contributed by atoms with Crippen LogP contribution in [0.4, 0.5) is 0 Å². The number of allylic oxidation sites excluding steroid dienone is 1. The third-order valence-electron chi connectivity index (χ3n) is 4.45. The first-order chi connectivity index (χ1) is 13.4. The largest absolute Gasteiger partial charge is 0.490 e. The zero-order valence-corrected chi connectivity index (χ0v) is 16.9. The molecule has 5 nitrogen and oxygen atoms in total. The number of carbonyl (C=O) groups is 2. The van der Waals surface area contributed by atoms with Gasteiger partial charge in [0.05, 0.1) is 11.6 Å². The summed E-state index contributed by atoms with van der Waals surface area (Å²) in [5, 5.41) is 0.326. The number of halogens is 1. The van der Waals surface area contributed by atoms with Crippen molar-refractivity contribution in [2.24, 2.45) is 0 Å². The Kier molecular flexibility index (Phi) is 6.05. The highest BCUT2D eigenvalue weighted by atomic mass is 35.5. The molecule has 146 valence electrons. The second-order valence-electron chi connectivity index (χ2n) is 6.67. The molecule has 0 N–H and O–H groups in total. The lowest BCUT2D eigenvalue weighted by molar-refractivity contribution is -0.130. The van der Waals surface area contributed by atoms with Crippen LogP contribution in [-0.4, -0.2) is 43.9 Å². The van der Waals surface area contributed by atoms with Gasteiger partial charge in [0.1, 0.15) is 0 Å². The minimum Gasteiger partial charge on any atom is -0.490 e. The fraction of sp³-hybridized carbons (Fsp3) is 0.273. The van der Waals surface area contributed by atoms with E-state index in [2.05, 4.69) is 0 Å². The van der Waals surface area contributed by atoms with Crippen molar-refractivity contribution in [1.82, 2.24) is 4.90 Å². The number of carbonyl (C=O) groups excluding carboxylic acids is 2. The molecule has 1 amide bonds. The van der Waals surface area contributed by atoms with Gasteiger partial charge < -0.3 is 14.4 Å². The van der Waals surface area contributed by atoms with Crippen LogP contribution < -0.4 is 9.47 Å². The zero-order chi connectivity index (χ0) is 20.3. The molecule has 6 heteroatoms. The first-order valence-corrected chi connectivity index (χ1v) is 9.41. The highest BCUT2D eigenvalue weighted by Gasteiger charge is 2.24. The van der Waals surface area contributed by atoms with Gasteiger partial charge in [-0.05, 0) is 36.3 Å². The molecule has 0 unspecified atom stereocenters. The van der Waals surface area contributed by atoms with Gasteiger partial charge in [-0.15, -0.1) is 0 Å². The molecular formula is C22H22ClNO4. The summed E-state index contributed by atoms with van der Waals surface area (Å²) in [6, 6.07) is 11.1. The van der Waals surface area contributed by atoms with Gasteiger partial charge in [0.25, 0.3) is 5.91 Å². The van der Waals surface area contributed by atoms with Crippen LogP contribution in [0.1, 0.15) is 28.4 Å². The molecule has 0 atom stereocenters. The van der Waals surface area contributed by atoms with E-state index in [-0.39, 0.29) is 18.3 Å². The number of benzene rings is 2. The standard InChI is InChI=1S/C22H22ClNO4/c1-4-27-19-11-14(10-18(23)22(19)28-13-20(25)24(2)3)9-16-12-15-7-5-6-8-17(15)21(16)26/h5-11H,4,12-13H2,1-3H3/b16-9+. The third-order valence-corrected chi connectivity index (χ3v) is 4.73. The number of amides is 1. The Morgan fingerprint density at radius 2 is 1.96 bits per heavy atom. The number of ether oxygens (including phenoxy) is 2. The van der Waals surface area contributed by atoms with Crippen molar-refractivity contribution in [3.8, 4) is 11.5 Å². The van der Waals surface area contributed by atoms with Crippen LogP contribution in [0, 0.1) is 0 Å². The van der Waals surface area contributed by atoms with Crippen LogP contribution in [0.15, 0.2) is 42.0 Å². The van der Waals surface area contributed by atoms with Crippen LogP contribution in [0.3, 0.4) is 0 Å². The fourth-order valence-electron chi connectivity index (χ4n) is 3.01. The molecule has 28 heavy (non-hydrogen) atoms. The van der Waals surface area contributed by atoms with Crippen molar-refractivity contribution >= 4 is 29.4 Å². The van der Waals surface area contributed by atoms with E-state index in [0.29, 0.717) is 35.1 Å². The minimum absolute atomic E-state index is 0.0292. The molecule has 2 aromatic rings. The molecule has 1 aliphatic rings. The van der Waals surface area contributed by atoms with Crippen LogP contribution in [0.25, 0.3) is 6.08 Å². The number of nitrogens with zero attached hydrogens (tertiary/aromatic N) is 1. The molecule has 0 radical (unpaired) electrons. The topological polar surface area (TPSA) is 55.8 Å². The van der Waals surface area contributed by atoms with Crippen molar-refractivity contribution in [2.75, 3.05) is 27.3 Å². The molecule has 1 aliphatic carbocycles. The van der Waals surface area contributed by atoms with E-state index < -0.39 is 0 Å². The summed E-state index contributed by atoms with van der Waals surface area (Å²) in [7, 11) is 3.31. The molecule has 0 spiro atoms. The van der Waals surface area contributed by atoms with E-state index in [1.807, 2.05) is 37.3 Å². The Bertz CT molecular complexity index is 950. The molecule has 0 saturated carbocycles. The molecular weight excluding hydrogens is 378 g/mol. The van der Waals surface area contributed by atoms with E-state index in [0.717, 1.165) is 16.7 Å². The van der Waals surface area contributed by atoms with Gasteiger partial charge in [0.2, 0.25) is 0 Å². The summed E-state index contributed by atoms with van der Waals surface area (Å²) in [4.78, 5) is 25.9. The number of fused-ring (bicyclic) bond motifs is 1. The van der Waals surface area contributed by atoms with Gasteiger partial charge in [-0.2, -0.15) is 0 Å². The van der Waals surface area contributed by atoms with Crippen LogP contribution >= 0.6 is 11.6 Å². The van der Waals surface area contributed by atoms with Gasteiger partial charge in [0, 0.05) is 31.7 Å². The van der Waals surface area contributed by atoms with Gasteiger partial charge in [-0.1, -0.05) is 35.9 Å². The lowest BCUT2D eigenvalue weighted by atomic mass is 10.1. The number of ketones is 1. The summed E-state index contributed by atoms with van der Waals surface area (Å²) in [5.74, 6) is 0.610. The number of likely N-dealkylation sites (N-methyl/N-ethyl adjacent to an activating group) is 1. The van der Waals surface area contributed by atoms with Crippen molar-refractivity contribution in [1.29, 1.82) is 0 Å². The van der Waals surface area contributed by atoms with Crippen molar-refractivity contribution < 1.29 is 19.1 Å². The van der Waals surface area contributed by atoms with E-state index in [1.165, 1.54) is 4.90 Å². The van der Waals surface area contributed by atoms with E-state index >= 15 is 0 Å². The predicted octanol–water partition coefficient (Wildman–Crippen LogP) is 4.03. The minimum atomic E-state index is -0.181. The fourth-order valence-corrected chi connectivity index (χ4v) is 3.28. The summed E-state index contributed by atoms with van der Waals surface area (Å²) in [6.45, 7) is 2.13. The summed E-state index contributed by atoms with van der Waals surface area (Å²) >= 11 is 6.40. The predicted molar refractivity (Wildman–Crippen MR) is 109 cm³/mol. The Hall–Kier alpha value is -2.79.